The molecule has 2 heterocycles. The number of nitrogens with zero attached hydrogens (tertiary/aromatic N) is 2. The van der Waals surface area contributed by atoms with E-state index in [4.69, 9.17) is 9.15 Å². The highest BCUT2D eigenvalue weighted by Gasteiger charge is 2.20. The van der Waals surface area contributed by atoms with Crippen molar-refractivity contribution in [1.29, 1.82) is 0 Å². The molecule has 4 rings (SSSR count). The van der Waals surface area contributed by atoms with Crippen LogP contribution in [0.2, 0.25) is 0 Å². The second-order valence-electron chi connectivity index (χ2n) is 7.53. The van der Waals surface area contributed by atoms with Crippen LogP contribution in [0.25, 0.3) is 22.2 Å². The second-order valence-corrected chi connectivity index (χ2v) is 8.37. The van der Waals surface area contributed by atoms with E-state index in [1.54, 1.807) is 24.2 Å². The van der Waals surface area contributed by atoms with Gasteiger partial charge in [-0.2, -0.15) is 0 Å². The zero-order valence-electron chi connectivity index (χ0n) is 18.5. The van der Waals surface area contributed by atoms with Crippen LogP contribution in [0.4, 0.5) is 5.13 Å². The van der Waals surface area contributed by atoms with Crippen LogP contribution in [-0.2, 0) is 11.2 Å². The Balaban J connectivity index is 1.55. The lowest BCUT2D eigenvalue weighted by Gasteiger charge is -2.18. The van der Waals surface area contributed by atoms with Gasteiger partial charge in [0.1, 0.15) is 11.3 Å². The average Bonchev–Trinajstić information content (AvgIpc) is 3.32. The van der Waals surface area contributed by atoms with E-state index < -0.39 is 5.63 Å². The van der Waals surface area contributed by atoms with Crippen LogP contribution in [0, 0.1) is 6.92 Å². The molecule has 7 heteroatoms. The molecule has 0 aliphatic carbocycles. The summed E-state index contributed by atoms with van der Waals surface area (Å²) in [6, 6.07) is 15.2. The number of anilines is 1. The van der Waals surface area contributed by atoms with Crippen molar-refractivity contribution in [1.82, 2.24) is 4.98 Å². The Hall–Kier alpha value is -3.71. The first kappa shape index (κ1) is 22.5. The summed E-state index contributed by atoms with van der Waals surface area (Å²) in [5.41, 5.74) is 3.16. The van der Waals surface area contributed by atoms with E-state index in [-0.39, 0.29) is 18.7 Å². The third-order valence-corrected chi connectivity index (χ3v) is 6.35. The first-order chi connectivity index (χ1) is 16.0. The van der Waals surface area contributed by atoms with Gasteiger partial charge in [0, 0.05) is 40.9 Å². The number of methoxy groups -OCH3 is 1. The van der Waals surface area contributed by atoms with Gasteiger partial charge in [-0.05, 0) is 31.0 Å². The number of ether oxygens (including phenoxy) is 1. The number of benzene rings is 2. The van der Waals surface area contributed by atoms with Gasteiger partial charge in [-0.1, -0.05) is 36.4 Å². The molecule has 168 valence electrons. The maximum Gasteiger partial charge on any atom is 0.339 e. The molecule has 33 heavy (non-hydrogen) atoms. The number of aromatic nitrogens is 1. The SMILES string of the molecule is C=CCN(C(=O)CCc1c(C)c2ccc(OC)cc2oc1=O)c1nc(-c2ccccc2)cs1. The fourth-order valence-corrected chi connectivity index (χ4v) is 4.56. The summed E-state index contributed by atoms with van der Waals surface area (Å²) in [4.78, 5) is 32.0. The van der Waals surface area contributed by atoms with Crippen molar-refractivity contribution in [3.05, 3.63) is 88.1 Å². The third kappa shape index (κ3) is 4.73. The van der Waals surface area contributed by atoms with Gasteiger partial charge in [0.05, 0.1) is 12.8 Å². The molecule has 0 saturated carbocycles. The zero-order valence-corrected chi connectivity index (χ0v) is 19.4. The lowest BCUT2D eigenvalue weighted by molar-refractivity contribution is -0.118. The number of hydrogen-bond acceptors (Lipinski definition) is 6. The van der Waals surface area contributed by atoms with E-state index in [1.807, 2.05) is 54.8 Å². The summed E-state index contributed by atoms with van der Waals surface area (Å²) in [6.45, 7) is 5.99. The molecule has 0 fully saturated rings. The Bertz CT molecular complexity index is 1360. The summed E-state index contributed by atoms with van der Waals surface area (Å²) in [7, 11) is 1.56. The molecule has 0 spiro atoms. The highest BCUT2D eigenvalue weighted by atomic mass is 32.1. The maximum absolute atomic E-state index is 13.1. The fourth-order valence-electron chi connectivity index (χ4n) is 3.70. The van der Waals surface area contributed by atoms with Crippen molar-refractivity contribution < 1.29 is 13.9 Å². The lowest BCUT2D eigenvalue weighted by atomic mass is 10.0. The number of carbonyl (C=O) groups is 1. The predicted octanol–water partition coefficient (Wildman–Crippen LogP) is 5.39. The van der Waals surface area contributed by atoms with Crippen molar-refractivity contribution in [2.24, 2.45) is 0 Å². The molecule has 0 saturated heterocycles. The van der Waals surface area contributed by atoms with Crippen molar-refractivity contribution in [2.75, 3.05) is 18.6 Å². The Kier molecular flexibility index (Phi) is 6.70. The van der Waals surface area contributed by atoms with E-state index in [0.29, 0.717) is 28.6 Å². The van der Waals surface area contributed by atoms with Crippen LogP contribution >= 0.6 is 11.3 Å². The van der Waals surface area contributed by atoms with Crippen LogP contribution in [0.1, 0.15) is 17.5 Å². The minimum Gasteiger partial charge on any atom is -0.497 e. The quantitative estimate of drug-likeness (QED) is 0.261. The third-order valence-electron chi connectivity index (χ3n) is 5.49. The molecule has 0 bridgehead atoms. The number of aryl methyl sites for hydroxylation is 1. The van der Waals surface area contributed by atoms with Gasteiger partial charge in [0.15, 0.2) is 5.13 Å². The van der Waals surface area contributed by atoms with Crippen molar-refractivity contribution in [3.63, 3.8) is 0 Å². The Morgan fingerprint density at radius 1 is 1.24 bits per heavy atom. The first-order valence-corrected chi connectivity index (χ1v) is 11.4. The molecule has 2 aromatic heterocycles. The van der Waals surface area contributed by atoms with Crippen molar-refractivity contribution >= 4 is 33.3 Å². The van der Waals surface area contributed by atoms with E-state index >= 15 is 0 Å². The van der Waals surface area contributed by atoms with E-state index in [0.717, 1.165) is 22.2 Å². The molecular weight excluding hydrogens is 436 g/mol. The average molecular weight is 461 g/mol. The van der Waals surface area contributed by atoms with Crippen LogP contribution in [-0.4, -0.2) is 24.5 Å². The number of amides is 1. The van der Waals surface area contributed by atoms with Gasteiger partial charge in [-0.25, -0.2) is 9.78 Å². The molecule has 1 amide bonds. The Labute approximate surface area is 195 Å². The van der Waals surface area contributed by atoms with Crippen molar-refractivity contribution in [2.45, 2.75) is 19.8 Å². The molecule has 0 atom stereocenters. The van der Waals surface area contributed by atoms with Gasteiger partial charge >= 0.3 is 5.63 Å². The number of fused-ring (bicyclic) bond motifs is 1. The predicted molar refractivity (Wildman–Crippen MR) is 132 cm³/mol. The van der Waals surface area contributed by atoms with Crippen LogP contribution < -0.4 is 15.3 Å². The maximum atomic E-state index is 13.1. The molecule has 2 aromatic carbocycles. The number of hydrogen-bond donors (Lipinski definition) is 0. The number of carbonyl (C=O) groups excluding carboxylic acids is 1. The minimum atomic E-state index is -0.433. The van der Waals surface area contributed by atoms with Gasteiger partial charge in [0.25, 0.3) is 0 Å². The van der Waals surface area contributed by atoms with E-state index in [2.05, 4.69) is 11.6 Å². The second kappa shape index (κ2) is 9.83. The van der Waals surface area contributed by atoms with Gasteiger partial charge < -0.3 is 9.15 Å². The minimum absolute atomic E-state index is 0.127. The summed E-state index contributed by atoms with van der Waals surface area (Å²) < 4.78 is 10.7. The van der Waals surface area contributed by atoms with Crippen molar-refractivity contribution in [3.8, 4) is 17.0 Å². The van der Waals surface area contributed by atoms with Gasteiger partial charge in [-0.3, -0.25) is 9.69 Å². The largest absolute Gasteiger partial charge is 0.497 e. The normalized spacial score (nSPS) is 10.8. The monoisotopic (exact) mass is 460 g/mol. The van der Waals surface area contributed by atoms with Gasteiger partial charge in [0.2, 0.25) is 5.91 Å². The molecule has 0 unspecified atom stereocenters. The number of rotatable bonds is 8. The van der Waals surface area contributed by atoms with E-state index in [1.165, 1.54) is 11.3 Å². The smallest absolute Gasteiger partial charge is 0.339 e. The highest BCUT2D eigenvalue weighted by molar-refractivity contribution is 7.14. The molecule has 4 aromatic rings. The van der Waals surface area contributed by atoms with Crippen LogP contribution in [0.15, 0.2) is 75.8 Å². The Morgan fingerprint density at radius 3 is 2.76 bits per heavy atom. The molecule has 0 aliphatic heterocycles. The van der Waals surface area contributed by atoms with Gasteiger partial charge in [-0.15, -0.1) is 17.9 Å². The summed E-state index contributed by atoms with van der Waals surface area (Å²) in [5.74, 6) is 0.490. The Morgan fingerprint density at radius 2 is 2.03 bits per heavy atom. The summed E-state index contributed by atoms with van der Waals surface area (Å²) in [5, 5.41) is 3.37. The molecule has 6 nitrogen and oxygen atoms in total. The summed E-state index contributed by atoms with van der Waals surface area (Å²) >= 11 is 1.41. The molecule has 0 radical (unpaired) electrons. The molecular formula is C26H24N2O4S. The number of thiazole rings is 1. The standard InChI is InChI=1S/C26H24N2O4S/c1-4-14-28(26-27-22(16-33-26)18-8-6-5-7-9-18)24(29)13-12-21-17(2)20-11-10-19(31-3)15-23(20)32-25(21)30/h4-11,15-16H,1,12-14H2,2-3H3. The highest BCUT2D eigenvalue weighted by Crippen LogP contribution is 2.28. The zero-order chi connectivity index (χ0) is 23.4. The molecule has 0 N–H and O–H groups in total. The van der Waals surface area contributed by atoms with Crippen LogP contribution in [0.3, 0.4) is 0 Å². The molecule has 0 aliphatic rings. The topological polar surface area (TPSA) is 72.6 Å². The van der Waals surface area contributed by atoms with E-state index in [9.17, 15) is 9.59 Å². The lowest BCUT2D eigenvalue weighted by Crippen LogP contribution is -2.31. The summed E-state index contributed by atoms with van der Waals surface area (Å²) in [6.07, 6.45) is 2.10. The fraction of sp³-hybridized carbons (Fsp3) is 0.192. The van der Waals surface area contributed by atoms with Crippen LogP contribution in [0.5, 0.6) is 5.75 Å². The first-order valence-electron chi connectivity index (χ1n) is 10.5.